The highest BCUT2D eigenvalue weighted by molar-refractivity contribution is 5.96. The first-order valence-corrected chi connectivity index (χ1v) is 8.64. The first-order chi connectivity index (χ1) is 12.1. The number of nitrogens with one attached hydrogen (secondary N) is 2. The van der Waals surface area contributed by atoms with Crippen LogP contribution < -0.4 is 20.1 Å². The van der Waals surface area contributed by atoms with Crippen LogP contribution in [0.1, 0.15) is 38.7 Å². The molecule has 5 nitrogen and oxygen atoms in total. The van der Waals surface area contributed by atoms with Crippen LogP contribution in [0, 0.1) is 0 Å². The average Bonchev–Trinajstić information content (AvgIpc) is 3.09. The number of amides is 1. The molecule has 0 saturated carbocycles. The first kappa shape index (κ1) is 17.1. The minimum absolute atomic E-state index is 0.107. The molecule has 3 rings (SSSR count). The Bertz CT molecular complexity index is 743. The lowest BCUT2D eigenvalue weighted by Crippen LogP contribution is -2.31. The van der Waals surface area contributed by atoms with Crippen molar-refractivity contribution in [3.8, 4) is 11.5 Å². The van der Waals surface area contributed by atoms with Gasteiger partial charge in [0.05, 0.1) is 0 Å². The van der Waals surface area contributed by atoms with Gasteiger partial charge < -0.3 is 20.1 Å². The summed E-state index contributed by atoms with van der Waals surface area (Å²) in [6.45, 7) is 6.45. The van der Waals surface area contributed by atoms with Crippen molar-refractivity contribution >= 4 is 17.3 Å². The third-order valence-corrected chi connectivity index (χ3v) is 4.51. The van der Waals surface area contributed by atoms with Crippen molar-refractivity contribution in [3.05, 3.63) is 48.0 Å². The van der Waals surface area contributed by atoms with E-state index in [2.05, 4.69) is 36.6 Å². The summed E-state index contributed by atoms with van der Waals surface area (Å²) in [7, 11) is 0. The lowest BCUT2D eigenvalue weighted by molar-refractivity contribution is -0.116. The topological polar surface area (TPSA) is 59.6 Å². The van der Waals surface area contributed by atoms with E-state index in [1.54, 1.807) is 18.2 Å². The Morgan fingerprint density at radius 1 is 1.04 bits per heavy atom. The molecule has 0 radical (unpaired) electrons. The molecule has 1 amide bonds. The molecule has 0 aliphatic carbocycles. The second-order valence-corrected chi connectivity index (χ2v) is 6.35. The minimum atomic E-state index is -0.361. The molecule has 5 heteroatoms. The average molecular weight is 340 g/mol. The van der Waals surface area contributed by atoms with E-state index in [0.717, 1.165) is 12.1 Å². The van der Waals surface area contributed by atoms with Crippen LogP contribution in [-0.4, -0.2) is 18.7 Å². The number of anilines is 2. The third-order valence-electron chi connectivity index (χ3n) is 4.51. The number of hydrogen-bond donors (Lipinski definition) is 2. The van der Waals surface area contributed by atoms with E-state index in [9.17, 15) is 4.79 Å². The molecule has 2 atom stereocenters. The van der Waals surface area contributed by atoms with Crippen molar-refractivity contribution in [2.45, 2.75) is 39.2 Å². The van der Waals surface area contributed by atoms with Crippen molar-refractivity contribution in [1.29, 1.82) is 0 Å². The SMILES string of the molecule is CC[C@@H](C)c1ccc(N[C@@H](C)C(=O)Nc2ccc3c(c2)OCO3)cc1. The van der Waals surface area contributed by atoms with Crippen LogP contribution in [0.25, 0.3) is 0 Å². The quantitative estimate of drug-likeness (QED) is 0.820. The molecule has 2 N–H and O–H groups in total. The summed E-state index contributed by atoms with van der Waals surface area (Å²) in [5.41, 5.74) is 2.93. The summed E-state index contributed by atoms with van der Waals surface area (Å²) in [6, 6.07) is 13.3. The summed E-state index contributed by atoms with van der Waals surface area (Å²) in [5, 5.41) is 6.12. The third kappa shape index (κ3) is 4.05. The summed E-state index contributed by atoms with van der Waals surface area (Å²) in [6.07, 6.45) is 1.11. The second-order valence-electron chi connectivity index (χ2n) is 6.35. The van der Waals surface area contributed by atoms with Gasteiger partial charge in [0.2, 0.25) is 12.7 Å². The number of benzene rings is 2. The normalized spacial score (nSPS) is 14.7. The molecule has 2 aromatic carbocycles. The van der Waals surface area contributed by atoms with Crippen molar-refractivity contribution < 1.29 is 14.3 Å². The van der Waals surface area contributed by atoms with Crippen LogP contribution in [0.4, 0.5) is 11.4 Å². The van der Waals surface area contributed by atoms with Gasteiger partial charge in [-0.15, -0.1) is 0 Å². The number of fused-ring (bicyclic) bond motifs is 1. The second kappa shape index (κ2) is 7.47. The van der Waals surface area contributed by atoms with Crippen LogP contribution in [0.5, 0.6) is 11.5 Å². The predicted molar refractivity (Wildman–Crippen MR) is 99.4 cm³/mol. The molecule has 0 saturated heterocycles. The number of carbonyl (C=O) groups excluding carboxylic acids is 1. The van der Waals surface area contributed by atoms with Crippen molar-refractivity contribution in [1.82, 2.24) is 0 Å². The molecule has 132 valence electrons. The number of carbonyl (C=O) groups is 1. The molecule has 0 bridgehead atoms. The molecular formula is C20H24N2O3. The Labute approximate surface area is 148 Å². The van der Waals surface area contributed by atoms with E-state index in [4.69, 9.17) is 9.47 Å². The highest BCUT2D eigenvalue weighted by atomic mass is 16.7. The van der Waals surface area contributed by atoms with Crippen LogP contribution in [0.2, 0.25) is 0 Å². The van der Waals surface area contributed by atoms with Gasteiger partial charge in [-0.05, 0) is 49.1 Å². The zero-order valence-electron chi connectivity index (χ0n) is 14.8. The molecule has 0 aromatic heterocycles. The van der Waals surface area contributed by atoms with Gasteiger partial charge in [0.15, 0.2) is 11.5 Å². The van der Waals surface area contributed by atoms with Crippen LogP contribution in [-0.2, 0) is 4.79 Å². The zero-order valence-corrected chi connectivity index (χ0v) is 14.8. The van der Waals surface area contributed by atoms with E-state index in [-0.39, 0.29) is 18.7 Å². The van der Waals surface area contributed by atoms with Gasteiger partial charge in [-0.1, -0.05) is 26.0 Å². The summed E-state index contributed by atoms with van der Waals surface area (Å²) >= 11 is 0. The molecule has 1 aliphatic rings. The molecule has 0 unspecified atom stereocenters. The van der Waals surface area contributed by atoms with E-state index < -0.39 is 0 Å². The highest BCUT2D eigenvalue weighted by Gasteiger charge is 2.17. The monoisotopic (exact) mass is 340 g/mol. The van der Waals surface area contributed by atoms with Crippen LogP contribution >= 0.6 is 0 Å². The number of rotatable bonds is 6. The maximum absolute atomic E-state index is 12.4. The summed E-state index contributed by atoms with van der Waals surface area (Å²) in [4.78, 5) is 12.4. The molecular weight excluding hydrogens is 316 g/mol. The number of ether oxygens (including phenoxy) is 2. The van der Waals surface area contributed by atoms with Crippen molar-refractivity contribution in [2.24, 2.45) is 0 Å². The Morgan fingerprint density at radius 3 is 2.44 bits per heavy atom. The Balaban J connectivity index is 1.59. The Hall–Kier alpha value is -2.69. The van der Waals surface area contributed by atoms with E-state index >= 15 is 0 Å². The van der Waals surface area contributed by atoms with Gasteiger partial charge in [-0.25, -0.2) is 0 Å². The fourth-order valence-corrected chi connectivity index (χ4v) is 2.68. The molecule has 0 spiro atoms. The molecule has 2 aromatic rings. The fraction of sp³-hybridized carbons (Fsp3) is 0.350. The Kier molecular flexibility index (Phi) is 5.12. The summed E-state index contributed by atoms with van der Waals surface area (Å²) < 4.78 is 10.6. The lowest BCUT2D eigenvalue weighted by Gasteiger charge is -2.16. The summed E-state index contributed by atoms with van der Waals surface area (Å²) in [5.74, 6) is 1.79. The van der Waals surface area contributed by atoms with Gasteiger partial charge in [-0.3, -0.25) is 4.79 Å². The lowest BCUT2D eigenvalue weighted by atomic mass is 9.98. The maximum Gasteiger partial charge on any atom is 0.246 e. The van der Waals surface area contributed by atoms with Gasteiger partial charge in [0, 0.05) is 17.4 Å². The van der Waals surface area contributed by atoms with Crippen molar-refractivity contribution in [3.63, 3.8) is 0 Å². The minimum Gasteiger partial charge on any atom is -0.454 e. The van der Waals surface area contributed by atoms with Gasteiger partial charge in [-0.2, -0.15) is 0 Å². The van der Waals surface area contributed by atoms with E-state index in [1.807, 2.05) is 19.1 Å². The predicted octanol–water partition coefficient (Wildman–Crippen LogP) is 4.37. The van der Waals surface area contributed by atoms with E-state index in [1.165, 1.54) is 5.56 Å². The molecule has 0 fully saturated rings. The van der Waals surface area contributed by atoms with Crippen molar-refractivity contribution in [2.75, 3.05) is 17.4 Å². The molecule has 1 heterocycles. The van der Waals surface area contributed by atoms with Gasteiger partial charge >= 0.3 is 0 Å². The smallest absolute Gasteiger partial charge is 0.246 e. The fourth-order valence-electron chi connectivity index (χ4n) is 2.68. The zero-order chi connectivity index (χ0) is 17.8. The van der Waals surface area contributed by atoms with Crippen LogP contribution in [0.15, 0.2) is 42.5 Å². The standard InChI is InChI=1S/C20H24N2O3/c1-4-13(2)15-5-7-16(8-6-15)21-14(3)20(23)22-17-9-10-18-19(11-17)25-12-24-18/h5-11,13-14,21H,4,12H2,1-3H3,(H,22,23)/t13-,14+/m1/s1. The number of hydrogen-bond acceptors (Lipinski definition) is 4. The highest BCUT2D eigenvalue weighted by Crippen LogP contribution is 2.34. The van der Waals surface area contributed by atoms with E-state index in [0.29, 0.717) is 23.1 Å². The largest absolute Gasteiger partial charge is 0.454 e. The molecule has 1 aliphatic heterocycles. The van der Waals surface area contributed by atoms with Gasteiger partial charge in [0.1, 0.15) is 6.04 Å². The first-order valence-electron chi connectivity index (χ1n) is 8.64. The Morgan fingerprint density at radius 2 is 1.72 bits per heavy atom. The maximum atomic E-state index is 12.4. The molecule has 25 heavy (non-hydrogen) atoms. The van der Waals surface area contributed by atoms with Crippen LogP contribution in [0.3, 0.4) is 0 Å². The van der Waals surface area contributed by atoms with Gasteiger partial charge in [0.25, 0.3) is 0 Å².